The Morgan fingerprint density at radius 1 is 0.441 bits per heavy atom. The number of fused-ring (bicyclic) bond motifs is 3. The van der Waals surface area contributed by atoms with E-state index < -0.39 is 0 Å². The number of rotatable bonds is 3. The van der Waals surface area contributed by atoms with Crippen molar-refractivity contribution in [3.8, 4) is 44.5 Å². The van der Waals surface area contributed by atoms with Crippen molar-refractivity contribution in [2.24, 2.45) is 0 Å². The molecular formula is C34H28. The van der Waals surface area contributed by atoms with Crippen molar-refractivity contribution in [1.29, 1.82) is 0 Å². The van der Waals surface area contributed by atoms with Crippen LogP contribution in [0.25, 0.3) is 44.5 Å². The molecule has 164 valence electrons. The van der Waals surface area contributed by atoms with Gasteiger partial charge in [-0.1, -0.05) is 117 Å². The van der Waals surface area contributed by atoms with Crippen molar-refractivity contribution in [1.82, 2.24) is 0 Å². The fraction of sp³-hybridized carbons (Fsp3) is 0.118. The summed E-state index contributed by atoms with van der Waals surface area (Å²) in [5, 5.41) is 0. The SMILES string of the molecule is Cc1cc(-c2ccccc2)cc(-c2ccc3c(c2)-c2ccccc2C3(C)C)c1-c1ccccc1. The number of hydrogen-bond acceptors (Lipinski definition) is 0. The standard InChI is InChI=1S/C34H28/c1-23-20-27(24-12-6-4-7-13-24)22-29(33(23)25-14-8-5-9-15-25)26-18-19-32-30(21-26)28-16-10-11-17-31(28)34(32,2)3/h4-22H,1-3H3. The molecule has 1 aliphatic carbocycles. The van der Waals surface area contributed by atoms with Gasteiger partial charge in [0.15, 0.2) is 0 Å². The second kappa shape index (κ2) is 7.85. The minimum absolute atomic E-state index is 0.0223. The van der Waals surface area contributed by atoms with E-state index in [9.17, 15) is 0 Å². The molecule has 0 saturated carbocycles. The fourth-order valence-corrected chi connectivity index (χ4v) is 5.69. The Balaban J connectivity index is 1.62. The van der Waals surface area contributed by atoms with Gasteiger partial charge in [0.2, 0.25) is 0 Å². The molecule has 0 fully saturated rings. The summed E-state index contributed by atoms with van der Waals surface area (Å²) >= 11 is 0. The topological polar surface area (TPSA) is 0 Å². The van der Waals surface area contributed by atoms with E-state index in [2.05, 4.69) is 136 Å². The van der Waals surface area contributed by atoms with Crippen LogP contribution in [-0.4, -0.2) is 0 Å². The molecule has 0 aliphatic heterocycles. The first-order chi connectivity index (χ1) is 16.5. The summed E-state index contributed by atoms with van der Waals surface area (Å²) in [6, 6.07) is 42.2. The second-order valence-electron chi connectivity index (χ2n) is 9.88. The molecule has 0 atom stereocenters. The molecule has 6 rings (SSSR count). The van der Waals surface area contributed by atoms with Crippen molar-refractivity contribution in [2.75, 3.05) is 0 Å². The van der Waals surface area contributed by atoms with Crippen molar-refractivity contribution in [3.05, 3.63) is 132 Å². The van der Waals surface area contributed by atoms with Crippen LogP contribution in [0.2, 0.25) is 0 Å². The molecule has 34 heavy (non-hydrogen) atoms. The van der Waals surface area contributed by atoms with Crippen LogP contribution in [0.4, 0.5) is 0 Å². The molecule has 0 saturated heterocycles. The lowest BCUT2D eigenvalue weighted by atomic mass is 9.81. The Bertz CT molecular complexity index is 1510. The molecule has 0 radical (unpaired) electrons. The van der Waals surface area contributed by atoms with Gasteiger partial charge < -0.3 is 0 Å². The average molecular weight is 437 g/mol. The van der Waals surface area contributed by atoms with Gasteiger partial charge in [0, 0.05) is 5.41 Å². The Kier molecular flexibility index (Phi) is 4.78. The first-order valence-electron chi connectivity index (χ1n) is 12.0. The number of aryl methyl sites for hydroxylation is 1. The summed E-state index contributed by atoms with van der Waals surface area (Å²) in [5.74, 6) is 0. The maximum Gasteiger partial charge on any atom is 0.0158 e. The first-order valence-corrected chi connectivity index (χ1v) is 12.0. The van der Waals surface area contributed by atoms with Crippen LogP contribution in [0.3, 0.4) is 0 Å². The maximum absolute atomic E-state index is 2.42. The highest BCUT2D eigenvalue weighted by Gasteiger charge is 2.35. The summed E-state index contributed by atoms with van der Waals surface area (Å²) in [7, 11) is 0. The average Bonchev–Trinajstić information content (AvgIpc) is 3.11. The first kappa shape index (κ1) is 20.7. The summed E-state index contributed by atoms with van der Waals surface area (Å²) < 4.78 is 0. The molecule has 5 aromatic carbocycles. The summed E-state index contributed by atoms with van der Waals surface area (Å²) in [6.45, 7) is 6.92. The van der Waals surface area contributed by atoms with Gasteiger partial charge in [-0.25, -0.2) is 0 Å². The van der Waals surface area contributed by atoms with E-state index in [0.29, 0.717) is 0 Å². The minimum Gasteiger partial charge on any atom is -0.0622 e. The lowest BCUT2D eigenvalue weighted by Gasteiger charge is -2.22. The van der Waals surface area contributed by atoms with Crippen LogP contribution in [-0.2, 0) is 5.41 Å². The van der Waals surface area contributed by atoms with Crippen molar-refractivity contribution < 1.29 is 0 Å². The van der Waals surface area contributed by atoms with E-state index in [1.807, 2.05) is 0 Å². The van der Waals surface area contributed by atoms with E-state index in [0.717, 1.165) is 0 Å². The smallest absolute Gasteiger partial charge is 0.0158 e. The predicted molar refractivity (Wildman–Crippen MR) is 145 cm³/mol. The van der Waals surface area contributed by atoms with Crippen molar-refractivity contribution >= 4 is 0 Å². The molecule has 0 heterocycles. The Morgan fingerprint density at radius 2 is 1.03 bits per heavy atom. The van der Waals surface area contributed by atoms with E-state index in [4.69, 9.17) is 0 Å². The zero-order chi connectivity index (χ0) is 23.3. The Hall–Kier alpha value is -3.90. The molecule has 5 aromatic rings. The highest BCUT2D eigenvalue weighted by Crippen LogP contribution is 2.50. The van der Waals surface area contributed by atoms with Gasteiger partial charge in [-0.3, -0.25) is 0 Å². The maximum atomic E-state index is 2.42. The normalized spacial score (nSPS) is 13.4. The molecule has 0 N–H and O–H groups in total. The third-order valence-electron chi connectivity index (χ3n) is 7.40. The monoisotopic (exact) mass is 436 g/mol. The van der Waals surface area contributed by atoms with Crippen LogP contribution >= 0.6 is 0 Å². The molecule has 0 spiro atoms. The molecule has 1 aliphatic rings. The lowest BCUT2D eigenvalue weighted by Crippen LogP contribution is -2.14. The van der Waals surface area contributed by atoms with Gasteiger partial charge >= 0.3 is 0 Å². The summed E-state index contributed by atoms with van der Waals surface area (Å²) in [5.41, 5.74) is 14.5. The van der Waals surface area contributed by atoms with E-state index in [1.54, 1.807) is 0 Å². The molecular weight excluding hydrogens is 408 g/mol. The lowest BCUT2D eigenvalue weighted by molar-refractivity contribution is 0.660. The fourth-order valence-electron chi connectivity index (χ4n) is 5.69. The van der Waals surface area contributed by atoms with Crippen LogP contribution in [0.1, 0.15) is 30.5 Å². The molecule has 0 aromatic heterocycles. The zero-order valence-corrected chi connectivity index (χ0v) is 20.0. The van der Waals surface area contributed by atoms with Gasteiger partial charge in [-0.15, -0.1) is 0 Å². The third kappa shape index (κ3) is 3.22. The van der Waals surface area contributed by atoms with Gasteiger partial charge in [0.25, 0.3) is 0 Å². The Labute approximate surface area is 202 Å². The van der Waals surface area contributed by atoms with Crippen LogP contribution in [0, 0.1) is 6.92 Å². The van der Waals surface area contributed by atoms with Gasteiger partial charge in [0.1, 0.15) is 0 Å². The van der Waals surface area contributed by atoms with Crippen LogP contribution < -0.4 is 0 Å². The second-order valence-corrected chi connectivity index (χ2v) is 9.88. The largest absolute Gasteiger partial charge is 0.0622 e. The molecule has 0 amide bonds. The van der Waals surface area contributed by atoms with E-state index in [-0.39, 0.29) is 5.41 Å². The van der Waals surface area contributed by atoms with E-state index in [1.165, 1.54) is 61.2 Å². The number of benzene rings is 5. The van der Waals surface area contributed by atoms with Gasteiger partial charge in [0.05, 0.1) is 0 Å². The van der Waals surface area contributed by atoms with Crippen molar-refractivity contribution in [2.45, 2.75) is 26.2 Å². The highest BCUT2D eigenvalue weighted by atomic mass is 14.4. The van der Waals surface area contributed by atoms with Gasteiger partial charge in [-0.2, -0.15) is 0 Å². The van der Waals surface area contributed by atoms with Crippen molar-refractivity contribution in [3.63, 3.8) is 0 Å². The number of hydrogen-bond donors (Lipinski definition) is 0. The highest BCUT2D eigenvalue weighted by molar-refractivity contribution is 5.92. The predicted octanol–water partition coefficient (Wildman–Crippen LogP) is 9.30. The van der Waals surface area contributed by atoms with E-state index >= 15 is 0 Å². The minimum atomic E-state index is 0.0223. The molecule has 0 bridgehead atoms. The quantitative estimate of drug-likeness (QED) is 0.264. The van der Waals surface area contributed by atoms with Gasteiger partial charge in [-0.05, 0) is 80.3 Å². The van der Waals surface area contributed by atoms with Crippen LogP contribution in [0.15, 0.2) is 115 Å². The zero-order valence-electron chi connectivity index (χ0n) is 20.0. The third-order valence-corrected chi connectivity index (χ3v) is 7.40. The summed E-state index contributed by atoms with van der Waals surface area (Å²) in [4.78, 5) is 0. The van der Waals surface area contributed by atoms with Crippen LogP contribution in [0.5, 0.6) is 0 Å². The molecule has 0 nitrogen and oxygen atoms in total. The molecule has 0 unspecified atom stereocenters. The Morgan fingerprint density at radius 3 is 1.76 bits per heavy atom. The molecule has 0 heteroatoms. The summed E-state index contributed by atoms with van der Waals surface area (Å²) in [6.07, 6.45) is 0.